The summed E-state index contributed by atoms with van der Waals surface area (Å²) in [5, 5.41) is 5.38. The zero-order chi connectivity index (χ0) is 22.8. The van der Waals surface area contributed by atoms with Gasteiger partial charge in [0.05, 0.1) is 33.6 Å². The largest absolute Gasteiger partial charge is 0.268 e. The summed E-state index contributed by atoms with van der Waals surface area (Å²) in [7, 11) is -4.45. The normalized spacial score (nSPS) is 15.4. The minimum absolute atomic E-state index is 0.0550. The third kappa shape index (κ3) is 2.70. The van der Waals surface area contributed by atoms with E-state index in [0.29, 0.717) is 0 Å². The van der Waals surface area contributed by atoms with Gasteiger partial charge in [0, 0.05) is 0 Å². The number of amides is 4. The van der Waals surface area contributed by atoms with E-state index in [-0.39, 0.29) is 33.6 Å². The second-order valence-corrected chi connectivity index (χ2v) is 8.71. The topological polar surface area (TPSA) is 135 Å². The van der Waals surface area contributed by atoms with Crippen molar-refractivity contribution in [3.63, 3.8) is 0 Å². The molecule has 0 spiro atoms. The first kappa shape index (κ1) is 19.8. The maximum atomic E-state index is 12.8. The van der Waals surface area contributed by atoms with Gasteiger partial charge in [-0.05, 0) is 42.5 Å². The molecule has 0 unspecified atom stereocenters. The summed E-state index contributed by atoms with van der Waals surface area (Å²) < 4.78 is 24.8. The lowest BCUT2D eigenvalue weighted by Gasteiger charge is -2.20. The third-order valence-electron chi connectivity index (χ3n) is 5.34. The first-order valence-corrected chi connectivity index (χ1v) is 10.9. The van der Waals surface area contributed by atoms with Crippen molar-refractivity contribution in [2.24, 2.45) is 5.14 Å². The summed E-state index contributed by atoms with van der Waals surface area (Å²) in [6.45, 7) is 0. The van der Waals surface area contributed by atoms with Crippen LogP contribution in [0, 0.1) is 0 Å². The second-order valence-electron chi connectivity index (χ2n) is 7.18. The molecule has 9 nitrogen and oxygen atoms in total. The van der Waals surface area contributed by atoms with Crippen LogP contribution in [0.15, 0.2) is 71.6 Å². The van der Waals surface area contributed by atoms with Gasteiger partial charge in [-0.3, -0.25) is 19.2 Å². The van der Waals surface area contributed by atoms with Crippen molar-refractivity contribution in [3.05, 3.63) is 89.0 Å². The molecule has 0 radical (unpaired) electrons. The quantitative estimate of drug-likeness (QED) is 0.610. The molecule has 0 aliphatic carbocycles. The molecule has 5 rings (SSSR count). The number of carbonyl (C=O) groups is 4. The lowest BCUT2D eigenvalue weighted by atomic mass is 10.1. The lowest BCUT2D eigenvalue weighted by Crippen LogP contribution is -2.33. The Kier molecular flexibility index (Phi) is 4.13. The van der Waals surface area contributed by atoms with Crippen LogP contribution in [0.3, 0.4) is 0 Å². The number of sulfonamides is 1. The van der Waals surface area contributed by atoms with Gasteiger partial charge >= 0.3 is 0 Å². The van der Waals surface area contributed by atoms with Crippen LogP contribution in [-0.2, 0) is 10.0 Å². The summed E-state index contributed by atoms with van der Waals surface area (Å²) in [4.78, 5) is 52.2. The maximum Gasteiger partial charge on any atom is 0.266 e. The highest BCUT2D eigenvalue weighted by molar-refractivity contribution is 7.89. The second kappa shape index (κ2) is 6.67. The van der Waals surface area contributed by atoms with Crippen LogP contribution in [0.25, 0.3) is 0 Å². The standard InChI is InChI=1S/C22H13N3O6S/c23-32(30,31)18-11-12(24-19(26)13-5-1-2-6-14(13)20(24)27)9-10-17(18)25-21(28)15-7-3-4-8-16(15)22(25)29/h1-11H,(H2,23,30,31). The number of carbonyl (C=O) groups excluding carboxylic acids is 4. The van der Waals surface area contributed by atoms with Crippen LogP contribution < -0.4 is 14.9 Å². The molecule has 2 aliphatic heterocycles. The van der Waals surface area contributed by atoms with E-state index in [9.17, 15) is 27.6 Å². The highest BCUT2D eigenvalue weighted by atomic mass is 32.2. The van der Waals surface area contributed by atoms with Crippen molar-refractivity contribution in [2.75, 3.05) is 9.80 Å². The number of nitrogens with zero attached hydrogens (tertiary/aromatic N) is 2. The first-order valence-electron chi connectivity index (χ1n) is 9.32. The maximum absolute atomic E-state index is 12.8. The highest BCUT2D eigenvalue weighted by Gasteiger charge is 2.40. The van der Waals surface area contributed by atoms with Crippen molar-refractivity contribution >= 4 is 45.0 Å². The van der Waals surface area contributed by atoms with Gasteiger partial charge in [-0.2, -0.15) is 0 Å². The molecule has 3 aromatic rings. The molecule has 0 fully saturated rings. The van der Waals surface area contributed by atoms with E-state index in [1.165, 1.54) is 36.4 Å². The molecule has 0 saturated carbocycles. The van der Waals surface area contributed by atoms with Crippen LogP contribution >= 0.6 is 0 Å². The zero-order valence-electron chi connectivity index (χ0n) is 16.2. The molecule has 0 atom stereocenters. The molecule has 158 valence electrons. The van der Waals surface area contributed by atoms with Crippen LogP contribution in [0.1, 0.15) is 41.4 Å². The Bertz CT molecular complexity index is 1430. The van der Waals surface area contributed by atoms with Crippen molar-refractivity contribution in [2.45, 2.75) is 4.90 Å². The molecule has 3 aromatic carbocycles. The molecule has 2 aliphatic rings. The lowest BCUT2D eigenvalue weighted by molar-refractivity contribution is 0.0908. The van der Waals surface area contributed by atoms with Gasteiger partial charge < -0.3 is 0 Å². The fourth-order valence-corrected chi connectivity index (χ4v) is 4.62. The van der Waals surface area contributed by atoms with Crippen molar-refractivity contribution in [1.29, 1.82) is 0 Å². The predicted octanol–water partition coefficient (Wildman–Crippen LogP) is 1.94. The molecule has 10 heteroatoms. The average molecular weight is 447 g/mol. The Balaban J connectivity index is 1.64. The molecule has 32 heavy (non-hydrogen) atoms. The van der Waals surface area contributed by atoms with Gasteiger partial charge in [0.25, 0.3) is 23.6 Å². The molecule has 0 bridgehead atoms. The minimum Gasteiger partial charge on any atom is -0.268 e. The van der Waals surface area contributed by atoms with Crippen LogP contribution in [-0.4, -0.2) is 32.0 Å². The summed E-state index contributed by atoms with van der Waals surface area (Å²) in [6.07, 6.45) is 0. The SMILES string of the molecule is NS(=O)(=O)c1cc(N2C(=O)c3ccccc3C2=O)ccc1N1C(=O)c2ccccc2C1=O. The van der Waals surface area contributed by atoms with Gasteiger partial charge in [0.1, 0.15) is 4.90 Å². The molecule has 0 aromatic heterocycles. The molecule has 2 heterocycles. The molecule has 4 amide bonds. The van der Waals surface area contributed by atoms with Crippen molar-refractivity contribution in [3.8, 4) is 0 Å². The molecule has 0 saturated heterocycles. The van der Waals surface area contributed by atoms with Crippen LogP contribution in [0.4, 0.5) is 11.4 Å². The van der Waals surface area contributed by atoms with E-state index in [1.54, 1.807) is 24.3 Å². The number of hydrogen-bond acceptors (Lipinski definition) is 6. The number of benzene rings is 3. The molecular formula is C22H13N3O6S. The van der Waals surface area contributed by atoms with Gasteiger partial charge in [-0.1, -0.05) is 24.3 Å². The van der Waals surface area contributed by atoms with E-state index < -0.39 is 38.5 Å². The fraction of sp³-hybridized carbons (Fsp3) is 0. The number of fused-ring (bicyclic) bond motifs is 2. The Morgan fingerprint density at radius 1 is 0.594 bits per heavy atom. The number of imide groups is 2. The highest BCUT2D eigenvalue weighted by Crippen LogP contribution is 2.36. The summed E-state index contributed by atoms with van der Waals surface area (Å²) in [6, 6.07) is 15.7. The zero-order valence-corrected chi connectivity index (χ0v) is 17.0. The molecule has 2 N–H and O–H groups in total. The Morgan fingerprint density at radius 3 is 1.41 bits per heavy atom. The van der Waals surface area contributed by atoms with Crippen molar-refractivity contribution in [1.82, 2.24) is 0 Å². The smallest absolute Gasteiger partial charge is 0.266 e. The number of nitrogens with two attached hydrogens (primary N) is 1. The summed E-state index contributed by atoms with van der Waals surface area (Å²) in [5.74, 6) is -2.66. The summed E-state index contributed by atoms with van der Waals surface area (Å²) in [5.41, 5.74) is 0.294. The van der Waals surface area contributed by atoms with E-state index in [1.807, 2.05) is 0 Å². The van der Waals surface area contributed by atoms with Gasteiger partial charge in [-0.25, -0.2) is 23.4 Å². The number of hydrogen-bond donors (Lipinski definition) is 1. The van der Waals surface area contributed by atoms with Crippen molar-refractivity contribution < 1.29 is 27.6 Å². The van der Waals surface area contributed by atoms with Gasteiger partial charge in [0.15, 0.2) is 0 Å². The Hall–Kier alpha value is -4.15. The Morgan fingerprint density at radius 2 is 1.00 bits per heavy atom. The van der Waals surface area contributed by atoms with E-state index >= 15 is 0 Å². The fourth-order valence-electron chi connectivity index (χ4n) is 3.89. The molecular weight excluding hydrogens is 434 g/mol. The average Bonchev–Trinajstić information content (AvgIpc) is 3.18. The monoisotopic (exact) mass is 447 g/mol. The summed E-state index contributed by atoms with van der Waals surface area (Å²) >= 11 is 0. The first-order chi connectivity index (χ1) is 15.2. The third-order valence-corrected chi connectivity index (χ3v) is 6.28. The predicted molar refractivity (Wildman–Crippen MR) is 113 cm³/mol. The minimum atomic E-state index is -4.45. The van der Waals surface area contributed by atoms with Crippen LogP contribution in [0.5, 0.6) is 0 Å². The Labute approximate surface area is 181 Å². The van der Waals surface area contributed by atoms with Crippen LogP contribution in [0.2, 0.25) is 0 Å². The van der Waals surface area contributed by atoms with Gasteiger partial charge in [0.2, 0.25) is 10.0 Å². The van der Waals surface area contributed by atoms with E-state index in [2.05, 4.69) is 0 Å². The number of primary sulfonamides is 1. The number of rotatable bonds is 3. The number of anilines is 2. The van der Waals surface area contributed by atoms with E-state index in [4.69, 9.17) is 5.14 Å². The van der Waals surface area contributed by atoms with Gasteiger partial charge in [-0.15, -0.1) is 0 Å². The van der Waals surface area contributed by atoms with E-state index in [0.717, 1.165) is 15.9 Å².